The average molecular weight is 229 g/mol. The number of phenols is 2. The monoisotopic (exact) mass is 229 g/mol. The zero-order valence-corrected chi connectivity index (χ0v) is 8.61. The molecule has 0 unspecified atom stereocenters. The number of carboxylic acids is 1. The summed E-state index contributed by atoms with van der Waals surface area (Å²) in [5.41, 5.74) is 0.597. The third kappa shape index (κ3) is 3.03. The van der Waals surface area contributed by atoms with Crippen molar-refractivity contribution < 1.29 is 20.1 Å². The molecule has 15 heavy (non-hydrogen) atoms. The van der Waals surface area contributed by atoms with Gasteiger partial charge in [0.25, 0.3) is 0 Å². The summed E-state index contributed by atoms with van der Waals surface area (Å²) in [6, 6.07) is 3.33. The second-order valence-electron chi connectivity index (χ2n) is 3.05. The lowest BCUT2D eigenvalue weighted by Crippen LogP contribution is -2.32. The zero-order valence-electron chi connectivity index (χ0n) is 7.71. The number of carboxylic acid groups (broad SMARTS) is 1. The van der Waals surface area contributed by atoms with Crippen LogP contribution in [0.2, 0.25) is 0 Å². The lowest BCUT2D eigenvalue weighted by Gasteiger charge is -2.10. The smallest absolute Gasteiger partial charge is 0.321 e. The number of hydrogen-bond acceptors (Lipinski definition) is 5. The van der Waals surface area contributed by atoms with Gasteiger partial charge >= 0.3 is 5.97 Å². The second kappa shape index (κ2) is 4.90. The molecule has 0 spiro atoms. The molecule has 0 aliphatic heterocycles. The Bertz CT molecular complexity index is 369. The molecule has 0 heterocycles. The number of benzene rings is 1. The molecule has 0 bridgehead atoms. The van der Waals surface area contributed by atoms with Gasteiger partial charge in [0.2, 0.25) is 0 Å². The summed E-state index contributed by atoms with van der Waals surface area (Å²) in [5.74, 6) is -1.53. The molecule has 0 saturated carbocycles. The van der Waals surface area contributed by atoms with E-state index in [-0.39, 0.29) is 17.9 Å². The van der Waals surface area contributed by atoms with Crippen LogP contribution < -0.4 is 4.72 Å². The first-order chi connectivity index (χ1) is 7.04. The molecule has 0 amide bonds. The first-order valence-corrected chi connectivity index (χ1v) is 4.62. The van der Waals surface area contributed by atoms with Crippen molar-refractivity contribution >= 4 is 18.8 Å². The normalized spacial score (nSPS) is 12.3. The highest BCUT2D eigenvalue weighted by Crippen LogP contribution is 2.25. The molecule has 0 fully saturated rings. The molecule has 1 atom stereocenters. The third-order valence-corrected chi connectivity index (χ3v) is 2.25. The molecule has 0 aromatic heterocycles. The SMILES string of the molecule is O=C(O)[C@H](Cc1ccc(O)c(O)c1)NS. The Labute approximate surface area is 91.9 Å². The molecule has 4 N–H and O–H groups in total. The predicted octanol–water partition coefficient (Wildman–Crippen LogP) is 0.528. The second-order valence-corrected chi connectivity index (χ2v) is 3.31. The fraction of sp³-hybridized carbons (Fsp3) is 0.222. The molecule has 6 heteroatoms. The van der Waals surface area contributed by atoms with Crippen LogP contribution >= 0.6 is 12.8 Å². The van der Waals surface area contributed by atoms with Crippen molar-refractivity contribution in [2.45, 2.75) is 12.5 Å². The Kier molecular flexibility index (Phi) is 3.81. The van der Waals surface area contributed by atoms with Gasteiger partial charge in [-0.05, 0) is 24.1 Å². The number of rotatable bonds is 4. The maximum atomic E-state index is 10.7. The first kappa shape index (κ1) is 11.7. The van der Waals surface area contributed by atoms with Crippen molar-refractivity contribution in [3.05, 3.63) is 23.8 Å². The van der Waals surface area contributed by atoms with Crippen molar-refractivity contribution in [1.82, 2.24) is 4.72 Å². The van der Waals surface area contributed by atoms with Crippen molar-refractivity contribution in [1.29, 1.82) is 0 Å². The summed E-state index contributed by atoms with van der Waals surface area (Å²) in [5, 5.41) is 27.0. The quantitative estimate of drug-likeness (QED) is 0.384. The van der Waals surface area contributed by atoms with Crippen molar-refractivity contribution in [2.24, 2.45) is 0 Å². The highest BCUT2D eigenvalue weighted by Gasteiger charge is 2.16. The predicted molar refractivity (Wildman–Crippen MR) is 57.0 cm³/mol. The molecular weight excluding hydrogens is 218 g/mol. The van der Waals surface area contributed by atoms with E-state index in [9.17, 15) is 9.90 Å². The van der Waals surface area contributed by atoms with Crippen LogP contribution in [0.25, 0.3) is 0 Å². The molecule has 5 nitrogen and oxygen atoms in total. The molecule has 0 saturated heterocycles. The van der Waals surface area contributed by atoms with Crippen LogP contribution in [0, 0.1) is 0 Å². The molecule has 0 radical (unpaired) electrons. The van der Waals surface area contributed by atoms with Gasteiger partial charge in [-0.2, -0.15) is 0 Å². The fourth-order valence-corrected chi connectivity index (χ4v) is 1.32. The minimum absolute atomic E-state index is 0.173. The maximum absolute atomic E-state index is 10.7. The summed E-state index contributed by atoms with van der Waals surface area (Å²) in [7, 11) is 0. The number of hydrogen-bond donors (Lipinski definition) is 5. The Morgan fingerprint density at radius 1 is 1.40 bits per heavy atom. The highest BCUT2D eigenvalue weighted by atomic mass is 32.1. The Morgan fingerprint density at radius 3 is 2.53 bits per heavy atom. The van der Waals surface area contributed by atoms with E-state index in [1.807, 2.05) is 0 Å². The number of phenolic OH excluding ortho intramolecular Hbond substituents is 2. The van der Waals surface area contributed by atoms with E-state index in [1.54, 1.807) is 0 Å². The van der Waals surface area contributed by atoms with E-state index in [0.29, 0.717) is 5.56 Å². The van der Waals surface area contributed by atoms with Gasteiger partial charge in [-0.3, -0.25) is 9.52 Å². The number of carbonyl (C=O) groups is 1. The zero-order chi connectivity index (χ0) is 11.4. The lowest BCUT2D eigenvalue weighted by molar-refractivity contribution is -0.138. The van der Waals surface area contributed by atoms with Gasteiger partial charge in [0.15, 0.2) is 11.5 Å². The topological polar surface area (TPSA) is 89.8 Å². The molecule has 82 valence electrons. The van der Waals surface area contributed by atoms with E-state index in [1.165, 1.54) is 18.2 Å². The van der Waals surface area contributed by atoms with Gasteiger partial charge in [-0.1, -0.05) is 18.9 Å². The van der Waals surface area contributed by atoms with Gasteiger partial charge in [0.1, 0.15) is 6.04 Å². The van der Waals surface area contributed by atoms with E-state index >= 15 is 0 Å². The van der Waals surface area contributed by atoms with E-state index in [4.69, 9.17) is 10.2 Å². The van der Waals surface area contributed by atoms with Crippen molar-refractivity contribution in [3.8, 4) is 11.5 Å². The van der Waals surface area contributed by atoms with Crippen LogP contribution in [0.5, 0.6) is 11.5 Å². The maximum Gasteiger partial charge on any atom is 0.321 e. The average Bonchev–Trinajstić information content (AvgIpc) is 2.19. The first-order valence-electron chi connectivity index (χ1n) is 4.18. The third-order valence-electron chi connectivity index (χ3n) is 1.93. The molecule has 0 aliphatic rings. The van der Waals surface area contributed by atoms with E-state index in [0.717, 1.165) is 0 Å². The summed E-state index contributed by atoms with van der Waals surface area (Å²) < 4.78 is 2.33. The minimum atomic E-state index is -1.03. The van der Waals surface area contributed by atoms with Gasteiger partial charge < -0.3 is 15.3 Å². The van der Waals surface area contributed by atoms with Crippen LogP contribution in [0.4, 0.5) is 0 Å². The Morgan fingerprint density at radius 2 is 2.07 bits per heavy atom. The van der Waals surface area contributed by atoms with Crippen molar-refractivity contribution in [2.75, 3.05) is 0 Å². The van der Waals surface area contributed by atoms with Crippen LogP contribution in [-0.2, 0) is 11.2 Å². The largest absolute Gasteiger partial charge is 0.504 e. The van der Waals surface area contributed by atoms with Gasteiger partial charge in [-0.15, -0.1) is 0 Å². The van der Waals surface area contributed by atoms with E-state index in [2.05, 4.69) is 17.5 Å². The summed E-state index contributed by atoms with van der Waals surface area (Å²) in [6.07, 6.45) is 0.173. The van der Waals surface area contributed by atoms with Crippen molar-refractivity contribution in [3.63, 3.8) is 0 Å². The number of thiol groups is 1. The van der Waals surface area contributed by atoms with Gasteiger partial charge in [0, 0.05) is 0 Å². The minimum Gasteiger partial charge on any atom is -0.504 e. The number of aromatic hydroxyl groups is 2. The summed E-state index contributed by atoms with van der Waals surface area (Å²) >= 11 is 3.69. The summed E-state index contributed by atoms with van der Waals surface area (Å²) in [4.78, 5) is 10.7. The standard InChI is InChI=1S/C9H11NO4S/c11-7-2-1-5(4-8(7)12)3-6(10-15)9(13)14/h1-2,4,6,10-12,15H,3H2,(H,13,14)/t6-/m0/s1. The van der Waals surface area contributed by atoms with Crippen LogP contribution in [0.15, 0.2) is 18.2 Å². The number of nitrogens with one attached hydrogen (secondary N) is 1. The lowest BCUT2D eigenvalue weighted by atomic mass is 10.1. The molecule has 1 aromatic rings. The molecular formula is C9H11NO4S. The summed E-state index contributed by atoms with van der Waals surface area (Å²) in [6.45, 7) is 0. The highest BCUT2D eigenvalue weighted by molar-refractivity contribution is 7.78. The van der Waals surface area contributed by atoms with Gasteiger partial charge in [-0.25, -0.2) is 0 Å². The van der Waals surface area contributed by atoms with E-state index < -0.39 is 12.0 Å². The Balaban J connectivity index is 2.80. The molecule has 0 aliphatic carbocycles. The van der Waals surface area contributed by atoms with Gasteiger partial charge in [0.05, 0.1) is 0 Å². The van der Waals surface area contributed by atoms with Crippen LogP contribution in [0.3, 0.4) is 0 Å². The van der Waals surface area contributed by atoms with Crippen LogP contribution in [0.1, 0.15) is 5.56 Å². The molecule has 1 rings (SSSR count). The van der Waals surface area contributed by atoms with Crippen LogP contribution in [-0.4, -0.2) is 27.3 Å². The molecule has 1 aromatic carbocycles. The Hall–Kier alpha value is -1.40. The fourth-order valence-electron chi connectivity index (χ4n) is 1.12. The number of aliphatic carboxylic acids is 1.